The van der Waals surface area contributed by atoms with Crippen LogP contribution in [-0.2, 0) is 16.4 Å². The molecule has 2 aromatic carbocycles. The van der Waals surface area contributed by atoms with Gasteiger partial charge in [0.1, 0.15) is 11.6 Å². The van der Waals surface area contributed by atoms with Crippen LogP contribution in [-0.4, -0.2) is 62.2 Å². The van der Waals surface area contributed by atoms with Crippen molar-refractivity contribution in [2.24, 2.45) is 5.41 Å². The number of pyridine rings is 1. The molecule has 2 heterocycles. The Labute approximate surface area is 221 Å². The van der Waals surface area contributed by atoms with Crippen LogP contribution in [0, 0.1) is 12.3 Å². The Morgan fingerprint density at radius 2 is 1.59 bits per heavy atom. The quantitative estimate of drug-likeness (QED) is 0.408. The van der Waals surface area contributed by atoms with Crippen LogP contribution < -0.4 is 10.6 Å². The highest BCUT2D eigenvalue weighted by atomic mass is 32.2. The standard InChI is InChI=1S/C29H39N5O2S/c1-22-9-14-27(30-24-12-10-23(11-13-24)20-34-17-15-33(5)16-18-34)32-28(22)31-25-7-6-8-26(19-25)37(35,36)21-29(2,3)4/h6-14,19H,15-18,20-21H2,1-5H3,(H2,30,31,32). The summed E-state index contributed by atoms with van der Waals surface area (Å²) in [6.45, 7) is 13.2. The molecule has 1 fully saturated rings. The van der Waals surface area contributed by atoms with E-state index < -0.39 is 9.84 Å². The van der Waals surface area contributed by atoms with E-state index in [0.717, 1.165) is 49.8 Å². The number of nitrogens with one attached hydrogen (secondary N) is 2. The summed E-state index contributed by atoms with van der Waals surface area (Å²) in [4.78, 5) is 9.93. The lowest BCUT2D eigenvalue weighted by Gasteiger charge is -2.32. The number of hydrogen-bond acceptors (Lipinski definition) is 7. The van der Waals surface area contributed by atoms with Crippen molar-refractivity contribution >= 4 is 32.8 Å². The maximum Gasteiger partial charge on any atom is 0.178 e. The first-order valence-corrected chi connectivity index (χ1v) is 14.5. The number of benzene rings is 2. The molecular weight excluding hydrogens is 482 g/mol. The van der Waals surface area contributed by atoms with Gasteiger partial charge in [0.25, 0.3) is 0 Å². The van der Waals surface area contributed by atoms with Crippen molar-refractivity contribution in [3.05, 3.63) is 71.8 Å². The van der Waals surface area contributed by atoms with Crippen LogP contribution in [0.25, 0.3) is 0 Å². The fraction of sp³-hybridized carbons (Fsp3) is 0.414. The van der Waals surface area contributed by atoms with Gasteiger partial charge in [-0.2, -0.15) is 0 Å². The Morgan fingerprint density at radius 3 is 2.27 bits per heavy atom. The van der Waals surface area contributed by atoms with Gasteiger partial charge in [0, 0.05) is 44.1 Å². The minimum absolute atomic E-state index is 0.0916. The molecule has 0 amide bonds. The molecule has 0 saturated carbocycles. The van der Waals surface area contributed by atoms with Gasteiger partial charge in [-0.25, -0.2) is 13.4 Å². The summed E-state index contributed by atoms with van der Waals surface area (Å²) in [5.74, 6) is 1.49. The zero-order valence-electron chi connectivity index (χ0n) is 22.6. The molecular formula is C29H39N5O2S. The Kier molecular flexibility index (Phi) is 8.21. The summed E-state index contributed by atoms with van der Waals surface area (Å²) in [7, 11) is -1.21. The molecule has 2 N–H and O–H groups in total. The van der Waals surface area contributed by atoms with Crippen LogP contribution in [0.5, 0.6) is 0 Å². The van der Waals surface area contributed by atoms with Crippen LogP contribution in [0.15, 0.2) is 65.6 Å². The third kappa shape index (κ3) is 7.77. The first kappa shape index (κ1) is 27.1. The van der Waals surface area contributed by atoms with E-state index in [0.29, 0.717) is 16.4 Å². The van der Waals surface area contributed by atoms with Crippen molar-refractivity contribution in [3.8, 4) is 0 Å². The Morgan fingerprint density at radius 1 is 0.892 bits per heavy atom. The van der Waals surface area contributed by atoms with E-state index in [1.807, 2.05) is 45.9 Å². The van der Waals surface area contributed by atoms with Gasteiger partial charge in [-0.05, 0) is 66.9 Å². The topological polar surface area (TPSA) is 77.6 Å². The molecule has 7 nitrogen and oxygen atoms in total. The van der Waals surface area contributed by atoms with Crippen LogP contribution in [0.4, 0.5) is 23.0 Å². The average molecular weight is 522 g/mol. The van der Waals surface area contributed by atoms with Crippen molar-refractivity contribution in [2.75, 3.05) is 49.6 Å². The summed E-state index contributed by atoms with van der Waals surface area (Å²) in [5.41, 5.74) is 3.62. The second kappa shape index (κ2) is 11.2. The third-order valence-electron chi connectivity index (χ3n) is 6.40. The van der Waals surface area contributed by atoms with Gasteiger partial charge in [-0.15, -0.1) is 0 Å². The number of hydrogen-bond donors (Lipinski definition) is 2. The predicted octanol–water partition coefficient (Wildman–Crippen LogP) is 5.44. The van der Waals surface area contributed by atoms with E-state index >= 15 is 0 Å². The normalized spacial score (nSPS) is 15.5. The molecule has 198 valence electrons. The number of aryl methyl sites for hydroxylation is 1. The average Bonchev–Trinajstić information content (AvgIpc) is 2.83. The van der Waals surface area contributed by atoms with E-state index in [-0.39, 0.29) is 11.2 Å². The number of nitrogens with zero attached hydrogens (tertiary/aromatic N) is 3. The van der Waals surface area contributed by atoms with Gasteiger partial charge >= 0.3 is 0 Å². The molecule has 0 aliphatic carbocycles. The molecule has 1 aliphatic rings. The number of piperazine rings is 1. The number of aromatic nitrogens is 1. The van der Waals surface area contributed by atoms with Gasteiger partial charge < -0.3 is 15.5 Å². The van der Waals surface area contributed by atoms with Crippen molar-refractivity contribution < 1.29 is 8.42 Å². The van der Waals surface area contributed by atoms with Crippen LogP contribution in [0.3, 0.4) is 0 Å². The van der Waals surface area contributed by atoms with Gasteiger partial charge in [0.15, 0.2) is 9.84 Å². The van der Waals surface area contributed by atoms with Gasteiger partial charge in [0.05, 0.1) is 10.6 Å². The van der Waals surface area contributed by atoms with E-state index in [1.54, 1.807) is 18.2 Å². The van der Waals surface area contributed by atoms with E-state index in [2.05, 4.69) is 51.7 Å². The SMILES string of the molecule is Cc1ccc(Nc2ccc(CN3CCN(C)CC3)cc2)nc1Nc1cccc(S(=O)(=O)CC(C)(C)C)c1. The second-order valence-electron chi connectivity index (χ2n) is 11.2. The molecule has 0 radical (unpaired) electrons. The fourth-order valence-corrected chi connectivity index (χ4v) is 6.29. The summed E-state index contributed by atoms with van der Waals surface area (Å²) < 4.78 is 25.7. The monoisotopic (exact) mass is 521 g/mol. The third-order valence-corrected chi connectivity index (χ3v) is 8.62. The molecule has 3 aromatic rings. The molecule has 8 heteroatoms. The maximum atomic E-state index is 12.9. The number of sulfone groups is 1. The van der Waals surface area contributed by atoms with Gasteiger partial charge in [-0.1, -0.05) is 45.0 Å². The van der Waals surface area contributed by atoms with E-state index in [4.69, 9.17) is 4.98 Å². The lowest BCUT2D eigenvalue weighted by atomic mass is 10.0. The summed E-state index contributed by atoms with van der Waals surface area (Å²) in [6.07, 6.45) is 0. The lowest BCUT2D eigenvalue weighted by molar-refractivity contribution is 0.148. The molecule has 37 heavy (non-hydrogen) atoms. The lowest BCUT2D eigenvalue weighted by Crippen LogP contribution is -2.43. The van der Waals surface area contributed by atoms with Crippen molar-refractivity contribution in [1.82, 2.24) is 14.8 Å². The fourth-order valence-electron chi connectivity index (χ4n) is 4.39. The zero-order valence-corrected chi connectivity index (χ0v) is 23.4. The van der Waals surface area contributed by atoms with Crippen molar-refractivity contribution in [1.29, 1.82) is 0 Å². The van der Waals surface area contributed by atoms with Crippen LogP contribution >= 0.6 is 0 Å². The molecule has 0 bridgehead atoms. The van der Waals surface area contributed by atoms with Crippen LogP contribution in [0.2, 0.25) is 0 Å². The summed E-state index contributed by atoms with van der Waals surface area (Å²) in [6, 6.07) is 19.4. The highest BCUT2D eigenvalue weighted by Gasteiger charge is 2.23. The molecule has 1 aromatic heterocycles. The molecule has 1 aliphatic heterocycles. The largest absolute Gasteiger partial charge is 0.340 e. The molecule has 0 unspecified atom stereocenters. The summed E-state index contributed by atoms with van der Waals surface area (Å²) in [5, 5.41) is 6.69. The number of rotatable bonds is 8. The molecule has 0 spiro atoms. The molecule has 4 rings (SSSR count). The van der Waals surface area contributed by atoms with Crippen molar-refractivity contribution in [3.63, 3.8) is 0 Å². The van der Waals surface area contributed by atoms with Gasteiger partial charge in [0.2, 0.25) is 0 Å². The number of anilines is 4. The van der Waals surface area contributed by atoms with E-state index in [9.17, 15) is 8.42 Å². The minimum atomic E-state index is -3.39. The second-order valence-corrected chi connectivity index (χ2v) is 13.2. The van der Waals surface area contributed by atoms with Gasteiger partial charge in [-0.3, -0.25) is 4.90 Å². The maximum absolute atomic E-state index is 12.9. The smallest absolute Gasteiger partial charge is 0.178 e. The Balaban J connectivity index is 1.43. The molecule has 0 atom stereocenters. The van der Waals surface area contributed by atoms with Crippen LogP contribution in [0.1, 0.15) is 31.9 Å². The van der Waals surface area contributed by atoms with E-state index in [1.165, 1.54) is 5.56 Å². The first-order valence-electron chi connectivity index (χ1n) is 12.8. The highest BCUT2D eigenvalue weighted by Crippen LogP contribution is 2.27. The number of likely N-dealkylation sites (N-methyl/N-ethyl adjacent to an activating group) is 1. The zero-order chi connectivity index (χ0) is 26.6. The Bertz CT molecular complexity index is 1310. The predicted molar refractivity (Wildman–Crippen MR) is 153 cm³/mol. The molecule has 1 saturated heterocycles. The Hall–Kier alpha value is -2.94. The highest BCUT2D eigenvalue weighted by molar-refractivity contribution is 7.91. The summed E-state index contributed by atoms with van der Waals surface area (Å²) >= 11 is 0. The van der Waals surface area contributed by atoms with Crippen molar-refractivity contribution in [2.45, 2.75) is 39.1 Å². The minimum Gasteiger partial charge on any atom is -0.340 e. The first-order chi connectivity index (χ1) is 17.5.